The van der Waals surface area contributed by atoms with Gasteiger partial charge in [-0.2, -0.15) is 0 Å². The molecule has 0 radical (unpaired) electrons. The molecule has 1 aliphatic rings. The van der Waals surface area contributed by atoms with Crippen LogP contribution < -0.4 is 0 Å². The molecule has 0 amide bonds. The molecule has 0 aromatic carbocycles. The summed E-state index contributed by atoms with van der Waals surface area (Å²) in [5.41, 5.74) is 0. The first-order chi connectivity index (χ1) is 5.16. The molecule has 1 saturated heterocycles. The molecular formula is C6H8F2O3. The number of allylic oxidation sites excluding steroid dienone is 1. The van der Waals surface area contributed by atoms with Gasteiger partial charge in [0, 0.05) is 0 Å². The minimum absolute atomic E-state index is 0.0833. The number of hydrogen-bond acceptors (Lipinski definition) is 3. The molecule has 0 aromatic heterocycles. The van der Waals surface area contributed by atoms with E-state index in [-0.39, 0.29) is 6.33 Å². The van der Waals surface area contributed by atoms with Crippen LogP contribution in [0.3, 0.4) is 0 Å². The average molecular weight is 166 g/mol. The first-order valence-electron chi connectivity index (χ1n) is 2.89. The van der Waals surface area contributed by atoms with Gasteiger partial charge in [-0.05, 0) is 6.92 Å². The molecule has 1 fully saturated rings. The monoisotopic (exact) mass is 166 g/mol. The minimum atomic E-state index is -0.787. The molecule has 0 saturated carbocycles. The van der Waals surface area contributed by atoms with Crippen molar-refractivity contribution in [2.45, 2.75) is 6.92 Å². The van der Waals surface area contributed by atoms with Crippen LogP contribution in [0.25, 0.3) is 0 Å². The van der Waals surface area contributed by atoms with Crippen molar-refractivity contribution in [1.82, 2.24) is 0 Å². The molecule has 0 N–H and O–H groups in total. The maximum absolute atomic E-state index is 10.9. The van der Waals surface area contributed by atoms with Gasteiger partial charge in [-0.3, -0.25) is 0 Å². The molecule has 0 bridgehead atoms. The van der Waals surface area contributed by atoms with Crippen LogP contribution in [0.1, 0.15) is 6.92 Å². The maximum atomic E-state index is 10.9. The summed E-state index contributed by atoms with van der Waals surface area (Å²) in [7, 11) is 0. The molecular weight excluding hydrogens is 158 g/mol. The number of carbonyl (C=O) groups is 1. The number of rotatable bonds is 0. The second kappa shape index (κ2) is 5.64. The Morgan fingerprint density at radius 2 is 1.91 bits per heavy atom. The number of halogens is 2. The van der Waals surface area contributed by atoms with Crippen molar-refractivity contribution >= 4 is 6.16 Å². The van der Waals surface area contributed by atoms with E-state index >= 15 is 0 Å². The summed E-state index contributed by atoms with van der Waals surface area (Å²) in [4.78, 5) is 9.80. The lowest BCUT2D eigenvalue weighted by Gasteiger charge is -1.78. The smallest absolute Gasteiger partial charge is 0.431 e. The fourth-order valence-electron chi connectivity index (χ4n) is 0.292. The van der Waals surface area contributed by atoms with Crippen LogP contribution in [0.2, 0.25) is 0 Å². The largest absolute Gasteiger partial charge is 0.508 e. The van der Waals surface area contributed by atoms with Crippen molar-refractivity contribution in [3.05, 3.63) is 12.2 Å². The molecule has 5 heteroatoms. The van der Waals surface area contributed by atoms with Crippen LogP contribution >= 0.6 is 0 Å². The van der Waals surface area contributed by atoms with Crippen LogP contribution in [0, 0.1) is 0 Å². The Kier molecular flexibility index (Phi) is 5.06. The lowest BCUT2D eigenvalue weighted by Crippen LogP contribution is -1.88. The third kappa shape index (κ3) is 6.76. The summed E-state index contributed by atoms with van der Waals surface area (Å²) in [5.74, 6) is -0.787. The lowest BCUT2D eigenvalue weighted by molar-refractivity contribution is 0.131. The van der Waals surface area contributed by atoms with Gasteiger partial charge in [-0.1, -0.05) is 0 Å². The quantitative estimate of drug-likeness (QED) is 0.516. The summed E-state index contributed by atoms with van der Waals surface area (Å²) in [5, 5.41) is 0. The van der Waals surface area contributed by atoms with Crippen molar-refractivity contribution in [1.29, 1.82) is 0 Å². The Hall–Kier alpha value is -1.13. The van der Waals surface area contributed by atoms with E-state index < -0.39 is 12.0 Å². The van der Waals surface area contributed by atoms with Gasteiger partial charge in [-0.15, -0.1) is 0 Å². The van der Waals surface area contributed by atoms with Gasteiger partial charge in [0.25, 0.3) is 0 Å². The highest BCUT2D eigenvalue weighted by atomic mass is 19.2. The predicted molar refractivity (Wildman–Crippen MR) is 33.3 cm³/mol. The number of hydrogen-bond donors (Lipinski definition) is 0. The first kappa shape index (κ1) is 9.87. The SMILES string of the molecule is C/C(F)=C\F.O=C1OCCO1. The second-order valence-corrected chi connectivity index (χ2v) is 1.64. The number of ether oxygens (including phenoxy) is 2. The van der Waals surface area contributed by atoms with E-state index in [4.69, 9.17) is 0 Å². The third-order valence-electron chi connectivity index (χ3n) is 0.674. The average Bonchev–Trinajstić information content (AvgIpc) is 2.41. The molecule has 0 spiro atoms. The topological polar surface area (TPSA) is 35.5 Å². The summed E-state index contributed by atoms with van der Waals surface area (Å²) in [6.45, 7) is 1.87. The molecule has 0 atom stereocenters. The molecule has 0 aromatic rings. The van der Waals surface area contributed by atoms with Crippen LogP contribution in [-0.4, -0.2) is 19.4 Å². The highest BCUT2D eigenvalue weighted by Gasteiger charge is 2.09. The van der Waals surface area contributed by atoms with E-state index in [0.29, 0.717) is 13.2 Å². The maximum Gasteiger partial charge on any atom is 0.508 e. The van der Waals surface area contributed by atoms with Crippen molar-refractivity contribution in [2.24, 2.45) is 0 Å². The highest BCUT2D eigenvalue weighted by Crippen LogP contribution is 1.92. The Balaban J connectivity index is 0.000000187. The van der Waals surface area contributed by atoms with Gasteiger partial charge < -0.3 is 9.47 Å². The van der Waals surface area contributed by atoms with Gasteiger partial charge in [0.15, 0.2) is 0 Å². The third-order valence-corrected chi connectivity index (χ3v) is 0.674. The van der Waals surface area contributed by atoms with Gasteiger partial charge >= 0.3 is 6.16 Å². The Morgan fingerprint density at radius 3 is 2.00 bits per heavy atom. The zero-order valence-corrected chi connectivity index (χ0v) is 5.97. The zero-order valence-electron chi connectivity index (χ0n) is 5.97. The van der Waals surface area contributed by atoms with Gasteiger partial charge in [0.2, 0.25) is 0 Å². The molecule has 11 heavy (non-hydrogen) atoms. The molecule has 0 aliphatic carbocycles. The van der Waals surface area contributed by atoms with E-state index in [0.717, 1.165) is 6.92 Å². The number of carbonyl (C=O) groups excluding carboxylic acids is 1. The Labute approximate surface area is 62.6 Å². The van der Waals surface area contributed by atoms with Gasteiger partial charge in [0.05, 0.1) is 0 Å². The highest BCUT2D eigenvalue weighted by molar-refractivity contribution is 5.61. The van der Waals surface area contributed by atoms with Crippen molar-refractivity contribution < 1.29 is 23.0 Å². The summed E-state index contributed by atoms with van der Waals surface area (Å²) in [6.07, 6.45) is -0.630. The van der Waals surface area contributed by atoms with Crippen LogP contribution in [0.15, 0.2) is 12.2 Å². The molecule has 1 heterocycles. The van der Waals surface area contributed by atoms with E-state index in [2.05, 4.69) is 9.47 Å². The van der Waals surface area contributed by atoms with E-state index in [1.54, 1.807) is 0 Å². The molecule has 1 rings (SSSR count). The lowest BCUT2D eigenvalue weighted by atomic mass is 10.7. The molecule has 3 nitrogen and oxygen atoms in total. The molecule has 1 aliphatic heterocycles. The second-order valence-electron chi connectivity index (χ2n) is 1.64. The number of cyclic esters (lactones) is 2. The Bertz CT molecular complexity index is 144. The first-order valence-corrected chi connectivity index (χ1v) is 2.89. The fraction of sp³-hybridized carbons (Fsp3) is 0.500. The van der Waals surface area contributed by atoms with Gasteiger partial charge in [-0.25, -0.2) is 13.6 Å². The predicted octanol–water partition coefficient (Wildman–Crippen LogP) is 1.94. The van der Waals surface area contributed by atoms with E-state index in [9.17, 15) is 13.6 Å². The van der Waals surface area contributed by atoms with E-state index in [1.165, 1.54) is 0 Å². The zero-order chi connectivity index (χ0) is 8.69. The van der Waals surface area contributed by atoms with Crippen molar-refractivity contribution in [3.63, 3.8) is 0 Å². The summed E-state index contributed by atoms with van der Waals surface area (Å²) in [6, 6.07) is 0. The normalized spacial score (nSPS) is 16.3. The minimum Gasteiger partial charge on any atom is -0.431 e. The Morgan fingerprint density at radius 1 is 1.55 bits per heavy atom. The van der Waals surface area contributed by atoms with Crippen LogP contribution in [0.5, 0.6) is 0 Å². The molecule has 0 unspecified atom stereocenters. The van der Waals surface area contributed by atoms with Crippen LogP contribution in [-0.2, 0) is 9.47 Å². The van der Waals surface area contributed by atoms with Crippen molar-refractivity contribution in [3.8, 4) is 0 Å². The molecule has 64 valence electrons. The van der Waals surface area contributed by atoms with Crippen LogP contribution in [0.4, 0.5) is 13.6 Å². The van der Waals surface area contributed by atoms with Crippen molar-refractivity contribution in [2.75, 3.05) is 13.2 Å². The van der Waals surface area contributed by atoms with Gasteiger partial charge in [0.1, 0.15) is 25.4 Å². The van der Waals surface area contributed by atoms with E-state index in [1.807, 2.05) is 0 Å². The summed E-state index contributed by atoms with van der Waals surface area (Å²) >= 11 is 0. The standard InChI is InChI=1S/C3H4F2.C3H4O3/c1-3(5)2-4;4-3-5-1-2-6-3/h2H,1H3;1-2H2/b3-2+;. The summed E-state index contributed by atoms with van der Waals surface area (Å²) < 4.78 is 30.1. The fourth-order valence-corrected chi connectivity index (χ4v) is 0.292.